The molecule has 0 aromatic carbocycles. The van der Waals surface area contributed by atoms with Crippen LogP contribution in [0.2, 0.25) is 0 Å². The number of carbonyl (C=O) groups excluding carboxylic acids is 1. The van der Waals surface area contributed by atoms with E-state index in [-0.39, 0.29) is 13.2 Å². The Morgan fingerprint density at radius 1 is 1.54 bits per heavy atom. The fraction of sp³-hybridized carbons (Fsp3) is 0.875. The molecule has 2 N–H and O–H groups in total. The maximum Gasteiger partial charge on any atom is 0.313 e. The number of hydrogen-bond acceptors (Lipinski definition) is 3. The van der Waals surface area contributed by atoms with Gasteiger partial charge in [0.1, 0.15) is 0 Å². The summed E-state index contributed by atoms with van der Waals surface area (Å²) in [5.41, 5.74) is 4.16. The molecule has 0 atom stereocenters. The molecule has 1 fully saturated rings. The van der Waals surface area contributed by atoms with Crippen LogP contribution < -0.4 is 5.73 Å². The Bertz CT molecular complexity index is 210. The Kier molecular flexibility index (Phi) is 2.56. The van der Waals surface area contributed by atoms with Crippen LogP contribution in [-0.2, 0) is 9.53 Å². The van der Waals surface area contributed by atoms with Crippen molar-refractivity contribution in [2.75, 3.05) is 13.2 Å². The topological polar surface area (TPSA) is 52.3 Å². The molecule has 0 bridgehead atoms. The molecule has 0 amide bonds. The van der Waals surface area contributed by atoms with E-state index in [1.54, 1.807) is 6.92 Å². The van der Waals surface area contributed by atoms with Gasteiger partial charge in [0.15, 0.2) is 0 Å². The second kappa shape index (κ2) is 3.21. The SMILES string of the molecule is CCOC(=O)C1(CN)CC(F)(F)C1. The van der Waals surface area contributed by atoms with Crippen molar-refractivity contribution in [1.29, 1.82) is 0 Å². The van der Waals surface area contributed by atoms with Crippen LogP contribution in [0.5, 0.6) is 0 Å². The zero-order chi connectivity index (χ0) is 10.1. The molecule has 0 aliphatic heterocycles. The van der Waals surface area contributed by atoms with Gasteiger partial charge in [-0.15, -0.1) is 0 Å². The van der Waals surface area contributed by atoms with E-state index in [1.165, 1.54) is 0 Å². The van der Waals surface area contributed by atoms with Gasteiger partial charge in [-0.1, -0.05) is 0 Å². The fourth-order valence-corrected chi connectivity index (χ4v) is 1.59. The standard InChI is InChI=1S/C8H13F2NO2/c1-2-13-6(12)7(5-11)3-8(9,10)4-7/h2-5,11H2,1H3. The number of alkyl halides is 2. The number of rotatable bonds is 3. The van der Waals surface area contributed by atoms with Crippen LogP contribution in [0.15, 0.2) is 0 Å². The van der Waals surface area contributed by atoms with Gasteiger partial charge >= 0.3 is 5.97 Å². The first-order valence-electron chi connectivity index (χ1n) is 4.21. The zero-order valence-electron chi connectivity index (χ0n) is 7.48. The van der Waals surface area contributed by atoms with E-state index < -0.39 is 30.1 Å². The average Bonchev–Trinajstić information content (AvgIpc) is 1.99. The number of esters is 1. The maximum absolute atomic E-state index is 12.6. The van der Waals surface area contributed by atoms with E-state index >= 15 is 0 Å². The van der Waals surface area contributed by atoms with Crippen LogP contribution in [0.1, 0.15) is 19.8 Å². The molecule has 1 aliphatic rings. The molecule has 0 spiro atoms. The van der Waals surface area contributed by atoms with Crippen LogP contribution >= 0.6 is 0 Å². The summed E-state index contributed by atoms with van der Waals surface area (Å²) in [5.74, 6) is -3.34. The third kappa shape index (κ3) is 1.80. The molecular weight excluding hydrogens is 180 g/mol. The fourth-order valence-electron chi connectivity index (χ4n) is 1.59. The van der Waals surface area contributed by atoms with Gasteiger partial charge in [0, 0.05) is 19.4 Å². The lowest BCUT2D eigenvalue weighted by molar-refractivity contribution is -0.195. The van der Waals surface area contributed by atoms with Crippen LogP contribution in [0.4, 0.5) is 8.78 Å². The minimum absolute atomic E-state index is 0.0680. The van der Waals surface area contributed by atoms with Crippen LogP contribution in [0, 0.1) is 5.41 Å². The van der Waals surface area contributed by atoms with Crippen molar-refractivity contribution in [3.05, 3.63) is 0 Å². The summed E-state index contributed by atoms with van der Waals surface area (Å²) in [6, 6.07) is 0. The zero-order valence-corrected chi connectivity index (χ0v) is 7.48. The van der Waals surface area contributed by atoms with Gasteiger partial charge in [0.2, 0.25) is 0 Å². The molecule has 5 heteroatoms. The first kappa shape index (κ1) is 10.4. The summed E-state index contributed by atoms with van der Waals surface area (Å²) < 4.78 is 29.8. The largest absolute Gasteiger partial charge is 0.466 e. The Morgan fingerprint density at radius 3 is 2.38 bits per heavy atom. The molecule has 0 aromatic rings. The summed E-state index contributed by atoms with van der Waals surface area (Å²) >= 11 is 0. The van der Waals surface area contributed by atoms with Crippen molar-refractivity contribution in [3.8, 4) is 0 Å². The van der Waals surface area contributed by atoms with Gasteiger partial charge in [-0.25, -0.2) is 8.78 Å². The first-order chi connectivity index (χ1) is 5.96. The molecule has 13 heavy (non-hydrogen) atoms. The molecule has 1 aliphatic carbocycles. The highest BCUT2D eigenvalue weighted by atomic mass is 19.3. The molecule has 0 saturated heterocycles. The van der Waals surface area contributed by atoms with E-state index in [4.69, 9.17) is 5.73 Å². The number of carbonyl (C=O) groups is 1. The van der Waals surface area contributed by atoms with Crippen molar-refractivity contribution in [2.24, 2.45) is 11.1 Å². The molecule has 0 radical (unpaired) electrons. The second-order valence-electron chi connectivity index (χ2n) is 3.41. The molecule has 0 heterocycles. The van der Waals surface area contributed by atoms with Gasteiger partial charge in [-0.3, -0.25) is 4.79 Å². The Balaban J connectivity index is 2.59. The predicted molar refractivity (Wildman–Crippen MR) is 42.3 cm³/mol. The average molecular weight is 193 g/mol. The van der Waals surface area contributed by atoms with E-state index in [0.717, 1.165) is 0 Å². The normalized spacial score (nSPS) is 23.4. The predicted octanol–water partition coefficient (Wildman–Crippen LogP) is 0.924. The maximum atomic E-state index is 12.6. The lowest BCUT2D eigenvalue weighted by atomic mass is 9.66. The van der Waals surface area contributed by atoms with Gasteiger partial charge in [-0.2, -0.15) is 0 Å². The van der Waals surface area contributed by atoms with Gasteiger partial charge in [0.05, 0.1) is 12.0 Å². The summed E-state index contributed by atoms with van der Waals surface area (Å²) in [7, 11) is 0. The van der Waals surface area contributed by atoms with E-state index in [1.807, 2.05) is 0 Å². The highest BCUT2D eigenvalue weighted by molar-refractivity contribution is 5.78. The number of hydrogen-bond donors (Lipinski definition) is 1. The molecule has 0 aromatic heterocycles. The highest BCUT2D eigenvalue weighted by Gasteiger charge is 2.60. The van der Waals surface area contributed by atoms with Gasteiger partial charge in [-0.05, 0) is 6.92 Å². The van der Waals surface area contributed by atoms with Crippen molar-refractivity contribution in [1.82, 2.24) is 0 Å². The minimum Gasteiger partial charge on any atom is -0.466 e. The quantitative estimate of drug-likeness (QED) is 0.678. The van der Waals surface area contributed by atoms with Gasteiger partial charge in [0.25, 0.3) is 5.92 Å². The monoisotopic (exact) mass is 193 g/mol. The number of halogens is 2. The number of ether oxygens (including phenoxy) is 1. The molecule has 76 valence electrons. The highest BCUT2D eigenvalue weighted by Crippen LogP contribution is 2.51. The third-order valence-electron chi connectivity index (χ3n) is 2.29. The van der Waals surface area contributed by atoms with E-state index in [0.29, 0.717) is 0 Å². The molecule has 3 nitrogen and oxygen atoms in total. The van der Waals surface area contributed by atoms with Crippen LogP contribution in [0.3, 0.4) is 0 Å². The molecular formula is C8H13F2NO2. The van der Waals surface area contributed by atoms with Crippen LogP contribution in [-0.4, -0.2) is 25.0 Å². The van der Waals surface area contributed by atoms with E-state index in [2.05, 4.69) is 4.74 Å². The summed E-state index contributed by atoms with van der Waals surface area (Å²) in [4.78, 5) is 11.2. The Morgan fingerprint density at radius 2 is 2.08 bits per heavy atom. The second-order valence-corrected chi connectivity index (χ2v) is 3.41. The Labute approximate surface area is 75.2 Å². The van der Waals surface area contributed by atoms with Crippen LogP contribution in [0.25, 0.3) is 0 Å². The Hall–Kier alpha value is -0.710. The third-order valence-corrected chi connectivity index (χ3v) is 2.29. The molecule has 1 saturated carbocycles. The van der Waals surface area contributed by atoms with Crippen molar-refractivity contribution in [3.63, 3.8) is 0 Å². The summed E-state index contributed by atoms with van der Waals surface area (Å²) in [5, 5.41) is 0. The van der Waals surface area contributed by atoms with E-state index in [9.17, 15) is 13.6 Å². The minimum atomic E-state index is -2.74. The smallest absolute Gasteiger partial charge is 0.313 e. The summed E-state index contributed by atoms with van der Waals surface area (Å²) in [6.07, 6.45) is -0.954. The van der Waals surface area contributed by atoms with Gasteiger partial charge < -0.3 is 10.5 Å². The lowest BCUT2D eigenvalue weighted by Gasteiger charge is -2.44. The molecule has 0 unspecified atom stereocenters. The van der Waals surface area contributed by atoms with Crippen molar-refractivity contribution >= 4 is 5.97 Å². The lowest BCUT2D eigenvalue weighted by Crippen LogP contribution is -2.55. The summed E-state index contributed by atoms with van der Waals surface area (Å²) in [6.45, 7) is 1.77. The van der Waals surface area contributed by atoms with Crippen molar-refractivity contribution < 1.29 is 18.3 Å². The van der Waals surface area contributed by atoms with Crippen molar-refractivity contribution in [2.45, 2.75) is 25.7 Å². The molecule has 1 rings (SSSR count). The first-order valence-corrected chi connectivity index (χ1v) is 4.21. The number of nitrogens with two attached hydrogens (primary N) is 1.